The van der Waals surface area contributed by atoms with Crippen LogP contribution in [0.5, 0.6) is 0 Å². The molecule has 5 atom stereocenters. The number of alkyl halides is 1. The monoisotopic (exact) mass is 887 g/mol. The van der Waals surface area contributed by atoms with Crippen LogP contribution in [0.1, 0.15) is 56.7 Å². The van der Waals surface area contributed by atoms with E-state index >= 15 is 0 Å². The number of unbranched alkanes of at least 4 members (excludes halogenated alkanes) is 2. The van der Waals surface area contributed by atoms with Gasteiger partial charge in [0.05, 0.1) is 23.7 Å². The molecular weight excluding hydrogens is 850 g/mol. The Bertz CT molecular complexity index is 1670. The number of hydrogen-bond donors (Lipinski definition) is 9. The summed E-state index contributed by atoms with van der Waals surface area (Å²) in [5.41, 5.74) is -2.06. The highest BCUT2D eigenvalue weighted by molar-refractivity contribution is 14.1. The van der Waals surface area contributed by atoms with Crippen LogP contribution >= 0.6 is 46.1 Å². The number of phosphoric ester groups is 1. The minimum absolute atomic E-state index is 0.0293. The van der Waals surface area contributed by atoms with E-state index in [1.165, 1.54) is 0 Å². The Balaban J connectivity index is 1.80. The SMILES string of the molecule is O=C(CI)NCCCCCC(=O)NCCCC(=O)NCC#Cc1cn([C@H]2CC(O)[C@@H](COP(=O)(O)OP(=O)(O)OP(=O)(O)O)O2)c(=O)[nH]c1=O. The molecule has 2 heterocycles. The van der Waals surface area contributed by atoms with Gasteiger partial charge in [0.25, 0.3) is 5.56 Å². The van der Waals surface area contributed by atoms with Crippen LogP contribution in [-0.4, -0.2) is 94.8 Å². The van der Waals surface area contributed by atoms with Crippen LogP contribution in [0, 0.1) is 11.8 Å². The molecule has 282 valence electrons. The molecule has 9 N–H and O–H groups in total. The summed E-state index contributed by atoms with van der Waals surface area (Å²) >= 11 is 1.97. The van der Waals surface area contributed by atoms with E-state index in [-0.39, 0.29) is 49.2 Å². The van der Waals surface area contributed by atoms with Crippen LogP contribution in [0.3, 0.4) is 0 Å². The highest BCUT2D eigenvalue weighted by Crippen LogP contribution is 2.66. The van der Waals surface area contributed by atoms with Gasteiger partial charge in [-0.05, 0) is 19.3 Å². The van der Waals surface area contributed by atoms with Crippen molar-refractivity contribution in [1.82, 2.24) is 25.5 Å². The average Bonchev–Trinajstić information content (AvgIpc) is 3.36. The molecule has 2 rings (SSSR count). The van der Waals surface area contributed by atoms with Crippen molar-refractivity contribution < 1.29 is 70.6 Å². The molecule has 26 heteroatoms. The van der Waals surface area contributed by atoms with Crippen LogP contribution in [0.2, 0.25) is 0 Å². The van der Waals surface area contributed by atoms with E-state index in [1.54, 1.807) is 0 Å². The number of H-pyrrole nitrogens is 1. The molecule has 1 saturated heterocycles. The third-order valence-electron chi connectivity index (χ3n) is 6.32. The van der Waals surface area contributed by atoms with E-state index in [4.69, 9.17) is 14.5 Å². The van der Waals surface area contributed by atoms with Crippen molar-refractivity contribution in [2.45, 2.75) is 63.4 Å². The summed E-state index contributed by atoms with van der Waals surface area (Å²) in [5.74, 6) is 4.52. The van der Waals surface area contributed by atoms with E-state index in [2.05, 4.69) is 40.9 Å². The van der Waals surface area contributed by atoms with Gasteiger partial charge in [0.15, 0.2) is 0 Å². The fraction of sp³-hybridized carbons (Fsp3) is 0.625. The summed E-state index contributed by atoms with van der Waals surface area (Å²) in [4.78, 5) is 97.9. The molecule has 1 aliphatic heterocycles. The molecule has 3 unspecified atom stereocenters. The lowest BCUT2D eigenvalue weighted by molar-refractivity contribution is -0.122. The number of rotatable bonds is 20. The second-order valence-corrected chi connectivity index (χ2v) is 15.5. The highest BCUT2D eigenvalue weighted by atomic mass is 127. The summed E-state index contributed by atoms with van der Waals surface area (Å²) in [6.07, 6.45) is -0.402. The summed E-state index contributed by atoms with van der Waals surface area (Å²) in [6.45, 7) is -0.282. The molecule has 3 amide bonds. The van der Waals surface area contributed by atoms with Gasteiger partial charge < -0.3 is 45.4 Å². The van der Waals surface area contributed by atoms with Gasteiger partial charge in [0.2, 0.25) is 17.7 Å². The van der Waals surface area contributed by atoms with E-state index in [0.29, 0.717) is 30.2 Å². The maximum Gasteiger partial charge on any atom is 0.490 e. The van der Waals surface area contributed by atoms with Gasteiger partial charge in [-0.15, -0.1) is 0 Å². The minimum atomic E-state index is -5.77. The number of ether oxygens (including phenoxy) is 1. The lowest BCUT2D eigenvalue weighted by Gasteiger charge is -2.19. The van der Waals surface area contributed by atoms with E-state index in [9.17, 15) is 52.6 Å². The number of aliphatic hydroxyl groups is 1. The normalized spacial score (nSPS) is 19.8. The van der Waals surface area contributed by atoms with Crippen LogP contribution in [-0.2, 0) is 46.0 Å². The summed E-state index contributed by atoms with van der Waals surface area (Å²) < 4.78 is 52.5. The molecule has 1 aromatic rings. The van der Waals surface area contributed by atoms with Gasteiger partial charge in [-0.25, -0.2) is 18.5 Å². The predicted molar refractivity (Wildman–Crippen MR) is 178 cm³/mol. The molecular formula is C24H37IN5O17P3. The minimum Gasteiger partial charge on any atom is -0.390 e. The zero-order valence-electron chi connectivity index (χ0n) is 26.1. The van der Waals surface area contributed by atoms with Gasteiger partial charge >= 0.3 is 29.2 Å². The van der Waals surface area contributed by atoms with Crippen LogP contribution in [0.4, 0.5) is 0 Å². The number of nitrogens with zero attached hydrogens (tertiary/aromatic N) is 1. The molecule has 0 aliphatic carbocycles. The highest BCUT2D eigenvalue weighted by Gasteiger charge is 2.43. The average molecular weight is 887 g/mol. The lowest BCUT2D eigenvalue weighted by atomic mass is 10.2. The zero-order chi connectivity index (χ0) is 37.5. The number of halogens is 1. The number of carbonyl (C=O) groups excluding carboxylic acids is 3. The van der Waals surface area contributed by atoms with Gasteiger partial charge in [-0.1, -0.05) is 40.9 Å². The van der Waals surface area contributed by atoms with Crippen molar-refractivity contribution in [3.63, 3.8) is 0 Å². The lowest BCUT2D eigenvalue weighted by Crippen LogP contribution is -2.34. The quantitative estimate of drug-likeness (QED) is 0.0249. The smallest absolute Gasteiger partial charge is 0.390 e. The maximum atomic E-state index is 12.4. The number of aromatic amines is 1. The predicted octanol–water partition coefficient (Wildman–Crippen LogP) is -0.996. The first-order chi connectivity index (χ1) is 23.3. The first-order valence-corrected chi connectivity index (χ1v) is 20.7. The van der Waals surface area contributed by atoms with Gasteiger partial charge in [0.1, 0.15) is 17.9 Å². The molecule has 0 bridgehead atoms. The zero-order valence-corrected chi connectivity index (χ0v) is 30.9. The molecule has 1 aromatic heterocycles. The Morgan fingerprint density at radius 3 is 2.26 bits per heavy atom. The summed E-state index contributed by atoms with van der Waals surface area (Å²) in [7, 11) is -16.9. The largest absolute Gasteiger partial charge is 0.490 e. The number of hydrogen-bond acceptors (Lipinski definition) is 13. The van der Waals surface area contributed by atoms with Crippen molar-refractivity contribution in [3.8, 4) is 11.8 Å². The Labute approximate surface area is 297 Å². The summed E-state index contributed by atoms with van der Waals surface area (Å²) in [6, 6.07) is 0. The van der Waals surface area contributed by atoms with E-state index in [1.807, 2.05) is 27.6 Å². The van der Waals surface area contributed by atoms with Crippen molar-refractivity contribution in [2.75, 3.05) is 30.7 Å². The first-order valence-electron chi connectivity index (χ1n) is 14.6. The topological polar surface area (TPSA) is 331 Å². The van der Waals surface area contributed by atoms with Gasteiger partial charge in [-0.2, -0.15) is 8.62 Å². The Morgan fingerprint density at radius 1 is 0.940 bits per heavy atom. The van der Waals surface area contributed by atoms with Crippen molar-refractivity contribution in [1.29, 1.82) is 0 Å². The first kappa shape index (κ1) is 43.9. The Kier molecular flexibility index (Phi) is 18.1. The molecule has 0 spiro atoms. The molecule has 0 radical (unpaired) electrons. The van der Waals surface area contributed by atoms with Gasteiger partial charge in [0, 0.05) is 38.5 Å². The van der Waals surface area contributed by atoms with E-state index in [0.717, 1.165) is 23.6 Å². The van der Waals surface area contributed by atoms with Crippen LogP contribution < -0.4 is 27.2 Å². The van der Waals surface area contributed by atoms with Crippen molar-refractivity contribution in [2.24, 2.45) is 0 Å². The number of amides is 3. The molecule has 50 heavy (non-hydrogen) atoms. The number of phosphoric acid groups is 3. The Morgan fingerprint density at radius 2 is 1.58 bits per heavy atom. The standard InChI is InChI=1S/C24H37IN5O17P3/c25-13-21(34)28-9-3-1-2-7-19(32)27-11-5-8-20(33)26-10-4-6-16-14-30(24(36)29-23(16)35)22-12-17(31)18(45-22)15-44-49(40,41)47-50(42,43)46-48(37,38)39/h14,17-18,22,31H,1-3,5,7-13,15H2,(H,26,33)(H,27,32)(H,28,34)(H,40,41)(H,42,43)(H,29,35,36)(H2,37,38,39)/t17?,18-,22-/m1/s1. The van der Waals surface area contributed by atoms with Crippen LogP contribution in [0.25, 0.3) is 0 Å². The third-order valence-corrected chi connectivity index (χ3v) is 10.8. The second kappa shape index (κ2) is 20.7. The fourth-order valence-corrected chi connectivity index (χ4v) is 7.39. The van der Waals surface area contributed by atoms with E-state index < -0.39 is 59.8 Å². The van der Waals surface area contributed by atoms with Crippen molar-refractivity contribution >= 4 is 63.8 Å². The second-order valence-electron chi connectivity index (χ2n) is 10.4. The summed E-state index contributed by atoms with van der Waals surface area (Å²) in [5, 5.41) is 18.3. The number of aliphatic hydroxyl groups excluding tert-OH is 1. The number of carbonyl (C=O) groups is 3. The fourth-order valence-electron chi connectivity index (χ4n) is 4.09. The molecule has 0 saturated carbocycles. The molecule has 0 aromatic carbocycles. The number of aromatic nitrogens is 2. The number of nitrogens with one attached hydrogen (secondary N) is 4. The van der Waals surface area contributed by atoms with Crippen molar-refractivity contribution in [3.05, 3.63) is 32.6 Å². The molecule has 22 nitrogen and oxygen atoms in total. The van der Waals surface area contributed by atoms with Gasteiger partial charge in [-0.3, -0.25) is 33.3 Å². The molecule has 1 fully saturated rings. The third kappa shape index (κ3) is 17.3. The maximum absolute atomic E-state index is 12.4. The molecule has 1 aliphatic rings. The Hall–Kier alpha value is -2.29. The van der Waals surface area contributed by atoms with Crippen LogP contribution in [0.15, 0.2) is 15.8 Å².